The standard InChI is InChI=1S/C31H31F3N6O2S/c1-18-19(2-3-25-23(18)10-21(13-35)40(25)16-29-6-7-30(29,15-29)28(41)42)14-39-8-4-20(5-9-39)38-26-24-11-22(12-31(32,33)34)43-27(24)37-17-36-26/h2-3,10-11,17,20H,4-9,12,14-16H2,1H3,(H,41,42)(H,36,37,38). The summed E-state index contributed by atoms with van der Waals surface area (Å²) < 4.78 is 40.7. The fraction of sp³-hybridized carbons (Fsp3) is 0.484. The Morgan fingerprint density at radius 2 is 2.00 bits per heavy atom. The van der Waals surface area contributed by atoms with Crippen molar-refractivity contribution < 1.29 is 23.1 Å². The first-order valence-corrected chi connectivity index (χ1v) is 15.4. The molecule has 2 unspecified atom stereocenters. The second-order valence-electron chi connectivity index (χ2n) is 12.5. The van der Waals surface area contributed by atoms with Gasteiger partial charge in [0.25, 0.3) is 0 Å². The maximum absolute atomic E-state index is 12.9. The molecule has 7 rings (SSSR count). The predicted molar refractivity (Wildman–Crippen MR) is 157 cm³/mol. The minimum atomic E-state index is -4.26. The Hall–Kier alpha value is -3.69. The van der Waals surface area contributed by atoms with Gasteiger partial charge in [-0.25, -0.2) is 9.97 Å². The first-order valence-electron chi connectivity index (χ1n) is 14.6. The summed E-state index contributed by atoms with van der Waals surface area (Å²) in [6.45, 7) is 5.15. The van der Waals surface area contributed by atoms with Crippen molar-refractivity contribution in [3.63, 3.8) is 0 Å². The number of halogens is 3. The lowest BCUT2D eigenvalue weighted by atomic mass is 9.73. The smallest absolute Gasteiger partial charge is 0.393 e. The normalized spacial score (nSPS) is 24.1. The topological polar surface area (TPSA) is 107 Å². The summed E-state index contributed by atoms with van der Waals surface area (Å²) >= 11 is 1.05. The third kappa shape index (κ3) is 4.73. The van der Waals surface area contributed by atoms with Crippen molar-refractivity contribution in [3.8, 4) is 6.07 Å². The number of nitriles is 1. The highest BCUT2D eigenvalue weighted by Gasteiger charge is 2.78. The van der Waals surface area contributed by atoms with E-state index in [1.807, 2.05) is 10.6 Å². The molecule has 8 nitrogen and oxygen atoms in total. The van der Waals surface area contributed by atoms with E-state index in [0.29, 0.717) is 34.7 Å². The van der Waals surface area contributed by atoms with Gasteiger partial charge < -0.3 is 15.0 Å². The van der Waals surface area contributed by atoms with E-state index in [0.717, 1.165) is 73.1 Å². The van der Waals surface area contributed by atoms with E-state index in [1.54, 1.807) is 6.07 Å². The number of aryl methyl sites for hydroxylation is 1. The number of nitrogens with one attached hydrogen (secondary N) is 1. The number of alkyl halides is 3. The summed E-state index contributed by atoms with van der Waals surface area (Å²) in [5.41, 5.74) is 3.05. The number of aliphatic carboxylic acids is 1. The number of rotatable bonds is 8. The van der Waals surface area contributed by atoms with Gasteiger partial charge in [-0.1, -0.05) is 6.07 Å². The zero-order valence-electron chi connectivity index (χ0n) is 23.7. The molecule has 4 aromatic rings. The molecule has 0 spiro atoms. The van der Waals surface area contributed by atoms with Gasteiger partial charge in [-0.3, -0.25) is 9.69 Å². The molecule has 0 amide bonds. The second kappa shape index (κ2) is 9.92. The van der Waals surface area contributed by atoms with Gasteiger partial charge in [0.15, 0.2) is 0 Å². The summed E-state index contributed by atoms with van der Waals surface area (Å²) in [5, 5.41) is 24.8. The molecule has 12 heteroatoms. The number of anilines is 1. The molecular formula is C31H31F3N6O2S. The Kier molecular flexibility index (Phi) is 6.48. The molecule has 2 saturated carbocycles. The monoisotopic (exact) mass is 608 g/mol. The van der Waals surface area contributed by atoms with Crippen molar-refractivity contribution in [1.29, 1.82) is 5.26 Å². The van der Waals surface area contributed by atoms with Crippen LogP contribution in [-0.4, -0.2) is 55.8 Å². The Balaban J connectivity index is 1.02. The molecule has 4 heterocycles. The number of aromatic nitrogens is 3. The summed E-state index contributed by atoms with van der Waals surface area (Å²) in [6.07, 6.45) is 0.211. The number of carbonyl (C=O) groups is 1. The number of likely N-dealkylation sites (tertiary alicyclic amines) is 1. The van der Waals surface area contributed by atoms with Crippen LogP contribution in [0.5, 0.6) is 0 Å². The Labute approximate surface area is 250 Å². The van der Waals surface area contributed by atoms with Crippen LogP contribution in [0.25, 0.3) is 21.1 Å². The molecule has 1 aliphatic heterocycles. The number of benzene rings is 1. The fourth-order valence-corrected chi connectivity index (χ4v) is 8.45. The molecular weight excluding hydrogens is 577 g/mol. The Bertz CT molecular complexity index is 1800. The quantitative estimate of drug-likeness (QED) is 0.243. The number of thiophene rings is 1. The number of fused-ring (bicyclic) bond motifs is 3. The Morgan fingerprint density at radius 1 is 1.21 bits per heavy atom. The minimum absolute atomic E-state index is 0.155. The largest absolute Gasteiger partial charge is 0.481 e. The molecule has 43 heavy (non-hydrogen) atoms. The van der Waals surface area contributed by atoms with Gasteiger partial charge in [0.2, 0.25) is 0 Å². The lowest BCUT2D eigenvalue weighted by Gasteiger charge is -2.33. The Morgan fingerprint density at radius 3 is 2.65 bits per heavy atom. The summed E-state index contributed by atoms with van der Waals surface area (Å²) in [4.78, 5) is 23.6. The van der Waals surface area contributed by atoms with E-state index in [1.165, 1.54) is 11.9 Å². The SMILES string of the molecule is Cc1c(CN2CCC(Nc3ncnc4sc(CC(F)(F)F)cc34)CC2)ccc2c1cc(C#N)n2CC12CCC1(C(=O)O)C2. The molecule has 3 fully saturated rings. The van der Waals surface area contributed by atoms with Crippen LogP contribution in [0.4, 0.5) is 19.0 Å². The first kappa shape index (κ1) is 28.1. The molecule has 1 saturated heterocycles. The molecule has 3 aliphatic rings. The van der Waals surface area contributed by atoms with Crippen molar-refractivity contribution in [3.05, 3.63) is 52.3 Å². The zero-order valence-corrected chi connectivity index (χ0v) is 24.5. The second-order valence-corrected chi connectivity index (χ2v) is 13.6. The highest BCUT2D eigenvalue weighted by Crippen LogP contribution is 2.78. The third-order valence-corrected chi connectivity index (χ3v) is 11.1. The molecule has 224 valence electrons. The first-order chi connectivity index (χ1) is 20.5. The van der Waals surface area contributed by atoms with Gasteiger partial charge in [0.1, 0.15) is 28.7 Å². The van der Waals surface area contributed by atoms with E-state index in [-0.39, 0.29) is 16.3 Å². The summed E-state index contributed by atoms with van der Waals surface area (Å²) in [6, 6.07) is 10.2. The van der Waals surface area contributed by atoms with Crippen molar-refractivity contribution in [2.45, 2.75) is 70.8 Å². The number of nitrogens with zero attached hydrogens (tertiary/aromatic N) is 5. The number of hydrogen-bond donors (Lipinski definition) is 2. The van der Waals surface area contributed by atoms with Gasteiger partial charge in [-0.2, -0.15) is 18.4 Å². The van der Waals surface area contributed by atoms with Crippen LogP contribution >= 0.6 is 11.3 Å². The van der Waals surface area contributed by atoms with E-state index >= 15 is 0 Å². The maximum atomic E-state index is 12.9. The van der Waals surface area contributed by atoms with Crippen molar-refractivity contribution >= 4 is 44.2 Å². The minimum Gasteiger partial charge on any atom is -0.481 e. The van der Waals surface area contributed by atoms with E-state index < -0.39 is 24.0 Å². The number of hydrogen-bond acceptors (Lipinski definition) is 7. The van der Waals surface area contributed by atoms with Gasteiger partial charge in [0.05, 0.1) is 17.2 Å². The highest BCUT2D eigenvalue weighted by molar-refractivity contribution is 7.18. The number of carboxylic acids is 1. The summed E-state index contributed by atoms with van der Waals surface area (Å²) in [5.74, 6) is -0.126. The number of carboxylic acid groups (broad SMARTS) is 1. The lowest BCUT2D eigenvalue weighted by Crippen LogP contribution is -2.39. The van der Waals surface area contributed by atoms with Gasteiger partial charge in [-0.05, 0) is 68.4 Å². The predicted octanol–water partition coefficient (Wildman–Crippen LogP) is 6.26. The van der Waals surface area contributed by atoms with E-state index in [2.05, 4.69) is 45.3 Å². The van der Waals surface area contributed by atoms with Crippen molar-refractivity contribution in [1.82, 2.24) is 19.4 Å². The van der Waals surface area contributed by atoms with E-state index in [4.69, 9.17) is 0 Å². The lowest BCUT2D eigenvalue weighted by molar-refractivity contribution is -0.149. The molecule has 3 aromatic heterocycles. The molecule has 1 aromatic carbocycles. The molecule has 0 radical (unpaired) electrons. The third-order valence-electron chi connectivity index (χ3n) is 10.1. The van der Waals surface area contributed by atoms with Crippen LogP contribution in [-0.2, 0) is 24.3 Å². The summed E-state index contributed by atoms with van der Waals surface area (Å²) in [7, 11) is 0. The molecule has 0 bridgehead atoms. The molecule has 2 aliphatic carbocycles. The van der Waals surface area contributed by atoms with Crippen LogP contribution in [0.1, 0.15) is 53.8 Å². The maximum Gasteiger partial charge on any atom is 0.393 e. The van der Waals surface area contributed by atoms with Crippen molar-refractivity contribution in [2.24, 2.45) is 10.8 Å². The zero-order chi connectivity index (χ0) is 30.1. The van der Waals surface area contributed by atoms with Gasteiger partial charge in [-0.15, -0.1) is 11.3 Å². The van der Waals surface area contributed by atoms with Crippen LogP contribution in [0.3, 0.4) is 0 Å². The molecule has 2 N–H and O–H groups in total. The van der Waals surface area contributed by atoms with Crippen LogP contribution < -0.4 is 5.32 Å². The highest BCUT2D eigenvalue weighted by atomic mass is 32.1. The van der Waals surface area contributed by atoms with Crippen LogP contribution in [0.15, 0.2) is 30.6 Å². The van der Waals surface area contributed by atoms with Crippen LogP contribution in [0.2, 0.25) is 0 Å². The van der Waals surface area contributed by atoms with E-state index in [9.17, 15) is 28.3 Å². The van der Waals surface area contributed by atoms with Crippen molar-refractivity contribution in [2.75, 3.05) is 18.4 Å². The fourth-order valence-electron chi connectivity index (χ4n) is 7.42. The van der Waals surface area contributed by atoms with Gasteiger partial charge in [0, 0.05) is 53.4 Å². The number of piperidine rings is 1. The van der Waals surface area contributed by atoms with Crippen LogP contribution in [0, 0.1) is 29.1 Å². The van der Waals surface area contributed by atoms with Gasteiger partial charge >= 0.3 is 12.1 Å². The average molecular weight is 609 g/mol. The average Bonchev–Trinajstić information content (AvgIpc) is 3.26. The molecule has 2 atom stereocenters.